The van der Waals surface area contributed by atoms with Gasteiger partial charge in [-0.3, -0.25) is 9.59 Å². The van der Waals surface area contributed by atoms with Crippen molar-refractivity contribution in [2.45, 2.75) is 23.2 Å². The molecule has 3 aromatic rings. The standard InChI is InChI=1S/C25H22ClN3O4S/c1-4-10-33-19-9-8-16(12-20(19)32-3)18-13-21(30)27-23-22(18)24(31)28-25(29(23)2)34-14-15-6-5-7-17(26)11-15/h1,5-9,11-12,18H,10,13-14H2,2-3H3,(H,27,30)/t18-/m0/s1. The normalized spacial score (nSPS) is 14.6. The fourth-order valence-electron chi connectivity index (χ4n) is 3.86. The van der Waals surface area contributed by atoms with Gasteiger partial charge in [0, 0.05) is 30.2 Å². The summed E-state index contributed by atoms with van der Waals surface area (Å²) in [6.45, 7) is 0.102. The third-order valence-electron chi connectivity index (χ3n) is 5.46. The molecule has 2 aromatic carbocycles. The maximum Gasteiger partial charge on any atom is 0.279 e. The van der Waals surface area contributed by atoms with Crippen molar-refractivity contribution in [3.8, 4) is 23.8 Å². The molecule has 1 atom stereocenters. The number of hydrogen-bond donors (Lipinski definition) is 1. The second-order valence-electron chi connectivity index (χ2n) is 7.65. The molecule has 0 saturated heterocycles. The molecule has 174 valence electrons. The van der Waals surface area contributed by atoms with Crippen molar-refractivity contribution in [2.24, 2.45) is 7.05 Å². The number of nitrogens with one attached hydrogen (secondary N) is 1. The number of amides is 1. The second-order valence-corrected chi connectivity index (χ2v) is 9.03. The van der Waals surface area contributed by atoms with Gasteiger partial charge in [-0.15, -0.1) is 6.42 Å². The van der Waals surface area contributed by atoms with E-state index < -0.39 is 5.92 Å². The number of benzene rings is 2. The predicted molar refractivity (Wildman–Crippen MR) is 133 cm³/mol. The first kappa shape index (κ1) is 23.7. The maximum absolute atomic E-state index is 13.2. The zero-order chi connectivity index (χ0) is 24.2. The largest absolute Gasteiger partial charge is 0.493 e. The van der Waals surface area contributed by atoms with Crippen LogP contribution in [0, 0.1) is 12.3 Å². The minimum Gasteiger partial charge on any atom is -0.493 e. The van der Waals surface area contributed by atoms with Gasteiger partial charge >= 0.3 is 0 Å². The number of halogens is 1. The summed E-state index contributed by atoms with van der Waals surface area (Å²) in [7, 11) is 3.30. The number of terminal acetylenes is 1. The molecule has 0 fully saturated rings. The summed E-state index contributed by atoms with van der Waals surface area (Å²) in [5, 5.41) is 4.00. The highest BCUT2D eigenvalue weighted by molar-refractivity contribution is 7.98. The summed E-state index contributed by atoms with van der Waals surface area (Å²) < 4.78 is 12.7. The molecule has 0 bridgehead atoms. The molecular weight excluding hydrogens is 474 g/mol. The van der Waals surface area contributed by atoms with Crippen LogP contribution < -0.4 is 20.3 Å². The molecule has 9 heteroatoms. The van der Waals surface area contributed by atoms with Crippen LogP contribution in [0.15, 0.2) is 52.4 Å². The van der Waals surface area contributed by atoms with Crippen molar-refractivity contribution in [2.75, 3.05) is 19.0 Å². The summed E-state index contributed by atoms with van der Waals surface area (Å²) >= 11 is 7.47. The first-order chi connectivity index (χ1) is 16.4. The fourth-order valence-corrected chi connectivity index (χ4v) is 4.98. The number of ether oxygens (including phenoxy) is 2. The van der Waals surface area contributed by atoms with Crippen LogP contribution in [0.1, 0.15) is 29.0 Å². The van der Waals surface area contributed by atoms with Gasteiger partial charge in [-0.1, -0.05) is 47.5 Å². The van der Waals surface area contributed by atoms with Gasteiger partial charge in [-0.05, 0) is 35.4 Å². The van der Waals surface area contributed by atoms with Crippen LogP contribution in [-0.2, 0) is 17.6 Å². The average molecular weight is 496 g/mol. The Bertz CT molecular complexity index is 1350. The highest BCUT2D eigenvalue weighted by Gasteiger charge is 2.32. The number of anilines is 1. The van der Waals surface area contributed by atoms with E-state index in [4.69, 9.17) is 27.5 Å². The molecule has 34 heavy (non-hydrogen) atoms. The molecule has 0 saturated carbocycles. The Morgan fingerprint density at radius 3 is 2.82 bits per heavy atom. The van der Waals surface area contributed by atoms with Gasteiger partial charge in [0.05, 0.1) is 12.7 Å². The van der Waals surface area contributed by atoms with Crippen LogP contribution in [-0.4, -0.2) is 29.2 Å². The van der Waals surface area contributed by atoms with E-state index in [1.165, 1.54) is 18.9 Å². The van der Waals surface area contributed by atoms with Gasteiger partial charge in [0.25, 0.3) is 5.56 Å². The smallest absolute Gasteiger partial charge is 0.279 e. The molecule has 0 unspecified atom stereocenters. The average Bonchev–Trinajstić information content (AvgIpc) is 2.83. The maximum atomic E-state index is 13.2. The van der Waals surface area contributed by atoms with Crippen molar-refractivity contribution in [1.29, 1.82) is 0 Å². The van der Waals surface area contributed by atoms with Crippen LogP contribution in [0.3, 0.4) is 0 Å². The summed E-state index contributed by atoms with van der Waals surface area (Å²) in [6.07, 6.45) is 5.39. The lowest BCUT2D eigenvalue weighted by molar-refractivity contribution is -0.116. The van der Waals surface area contributed by atoms with Gasteiger partial charge in [-0.25, -0.2) is 0 Å². The van der Waals surface area contributed by atoms with E-state index in [2.05, 4.69) is 16.2 Å². The summed E-state index contributed by atoms with van der Waals surface area (Å²) in [5.74, 6) is 3.74. The van der Waals surface area contributed by atoms with Crippen LogP contribution in [0.25, 0.3) is 0 Å². The van der Waals surface area contributed by atoms with Crippen LogP contribution in [0.5, 0.6) is 11.5 Å². The zero-order valence-electron chi connectivity index (χ0n) is 18.6. The number of fused-ring (bicyclic) bond motifs is 1. The van der Waals surface area contributed by atoms with Crippen molar-refractivity contribution >= 4 is 35.1 Å². The third kappa shape index (κ3) is 4.91. The SMILES string of the molecule is C#CCOc1ccc([C@@H]2CC(=O)Nc3c2c(=O)nc(SCc2cccc(Cl)c2)n3C)cc1OC. The lowest BCUT2D eigenvalue weighted by Crippen LogP contribution is -2.33. The minimum atomic E-state index is -0.475. The molecular formula is C25H22ClN3O4S. The Labute approximate surface area is 206 Å². The molecule has 1 aromatic heterocycles. The Morgan fingerprint density at radius 1 is 1.26 bits per heavy atom. The highest BCUT2D eigenvalue weighted by Crippen LogP contribution is 2.39. The van der Waals surface area contributed by atoms with Gasteiger partial charge in [0.2, 0.25) is 5.91 Å². The van der Waals surface area contributed by atoms with Gasteiger partial charge in [0.15, 0.2) is 16.7 Å². The van der Waals surface area contributed by atoms with E-state index in [9.17, 15) is 9.59 Å². The number of nitrogens with zero attached hydrogens (tertiary/aromatic N) is 2. The minimum absolute atomic E-state index is 0.102. The topological polar surface area (TPSA) is 82.5 Å². The van der Waals surface area contributed by atoms with Crippen LogP contribution >= 0.6 is 23.4 Å². The fraction of sp³-hybridized carbons (Fsp3) is 0.240. The Hall–Kier alpha value is -3.41. The Balaban J connectivity index is 1.70. The van der Waals surface area contributed by atoms with E-state index in [0.717, 1.165) is 11.1 Å². The molecule has 1 amide bonds. The lowest BCUT2D eigenvalue weighted by atomic mass is 9.86. The molecule has 0 spiro atoms. The molecule has 0 radical (unpaired) electrons. The van der Waals surface area contributed by atoms with Gasteiger partial charge in [-0.2, -0.15) is 4.98 Å². The van der Waals surface area contributed by atoms with E-state index in [-0.39, 0.29) is 24.5 Å². The number of thioether (sulfide) groups is 1. The summed E-state index contributed by atoms with van der Waals surface area (Å²) in [5.41, 5.74) is 1.82. The summed E-state index contributed by atoms with van der Waals surface area (Å²) in [6, 6.07) is 12.8. The first-order valence-electron chi connectivity index (χ1n) is 10.4. The quantitative estimate of drug-likeness (QED) is 0.300. The molecule has 1 N–H and O–H groups in total. The zero-order valence-corrected chi connectivity index (χ0v) is 20.2. The molecule has 0 aliphatic carbocycles. The first-order valence-corrected chi connectivity index (χ1v) is 11.8. The number of methoxy groups -OCH3 is 1. The Kier molecular flexibility index (Phi) is 7.15. The number of rotatable bonds is 7. The number of hydrogen-bond acceptors (Lipinski definition) is 6. The second kappa shape index (κ2) is 10.2. The van der Waals surface area contributed by atoms with E-state index in [1.54, 1.807) is 29.8 Å². The van der Waals surface area contributed by atoms with Crippen LogP contribution in [0.2, 0.25) is 5.02 Å². The van der Waals surface area contributed by atoms with Crippen molar-refractivity contribution in [3.05, 3.63) is 74.5 Å². The molecule has 1 aliphatic heterocycles. The van der Waals surface area contributed by atoms with E-state index >= 15 is 0 Å². The Morgan fingerprint density at radius 2 is 2.09 bits per heavy atom. The number of carbonyl (C=O) groups excluding carboxylic acids is 1. The van der Waals surface area contributed by atoms with Gasteiger partial charge < -0.3 is 19.4 Å². The summed E-state index contributed by atoms with van der Waals surface area (Å²) in [4.78, 5) is 30.1. The monoisotopic (exact) mass is 495 g/mol. The van der Waals surface area contributed by atoms with Crippen molar-refractivity contribution in [1.82, 2.24) is 9.55 Å². The lowest BCUT2D eigenvalue weighted by Gasteiger charge is -2.28. The van der Waals surface area contributed by atoms with Crippen molar-refractivity contribution < 1.29 is 14.3 Å². The molecule has 1 aliphatic rings. The molecule has 4 rings (SSSR count). The van der Waals surface area contributed by atoms with E-state index in [1.807, 2.05) is 24.3 Å². The van der Waals surface area contributed by atoms with Crippen LogP contribution in [0.4, 0.5) is 5.82 Å². The molecule has 7 nitrogen and oxygen atoms in total. The number of carbonyl (C=O) groups is 1. The highest BCUT2D eigenvalue weighted by atomic mass is 35.5. The van der Waals surface area contributed by atoms with Gasteiger partial charge in [0.1, 0.15) is 12.4 Å². The third-order valence-corrected chi connectivity index (χ3v) is 6.79. The van der Waals surface area contributed by atoms with Crippen molar-refractivity contribution in [3.63, 3.8) is 0 Å². The van der Waals surface area contributed by atoms with E-state index in [0.29, 0.717) is 38.8 Å². The predicted octanol–water partition coefficient (Wildman–Crippen LogP) is 4.22. The molecule has 2 heterocycles. The number of aromatic nitrogens is 2.